The molecule has 0 bridgehead atoms. The average molecular weight is 260 g/mol. The van der Waals surface area contributed by atoms with Crippen molar-refractivity contribution in [3.8, 4) is 11.1 Å². The van der Waals surface area contributed by atoms with E-state index < -0.39 is 0 Å². The van der Waals surface area contributed by atoms with Gasteiger partial charge in [0.1, 0.15) is 0 Å². The zero-order valence-corrected chi connectivity index (χ0v) is 11.5. The summed E-state index contributed by atoms with van der Waals surface area (Å²) in [5, 5.41) is 2.58. The van der Waals surface area contributed by atoms with Crippen LogP contribution in [0.5, 0.6) is 0 Å². The summed E-state index contributed by atoms with van der Waals surface area (Å²) in [5.74, 6) is 0. The molecule has 4 rings (SSSR count). The van der Waals surface area contributed by atoms with Crippen LogP contribution in [0.3, 0.4) is 0 Å². The molecule has 2 heterocycles. The molecule has 0 saturated heterocycles. The lowest BCUT2D eigenvalue weighted by molar-refractivity contribution is 0.955. The number of nitrogens with zero attached hydrogens (tertiary/aromatic N) is 2. The second-order valence-electron chi connectivity index (χ2n) is 5.39. The van der Waals surface area contributed by atoms with Gasteiger partial charge in [-0.05, 0) is 28.3 Å². The minimum atomic E-state index is 1.08. The second kappa shape index (κ2) is 4.34. The largest absolute Gasteiger partial charge is 0.373 e. The van der Waals surface area contributed by atoms with Gasteiger partial charge in [-0.15, -0.1) is 0 Å². The van der Waals surface area contributed by atoms with E-state index in [2.05, 4.69) is 59.4 Å². The van der Waals surface area contributed by atoms with E-state index >= 15 is 0 Å². The van der Waals surface area contributed by atoms with E-state index in [1.54, 1.807) is 0 Å². The summed E-state index contributed by atoms with van der Waals surface area (Å²) in [6.07, 6.45) is 5.10. The van der Waals surface area contributed by atoms with Gasteiger partial charge in [0.2, 0.25) is 0 Å². The molecule has 0 aliphatic carbocycles. The summed E-state index contributed by atoms with van der Waals surface area (Å²) < 4.78 is 0. The quantitative estimate of drug-likeness (QED) is 0.660. The maximum atomic E-state index is 4.45. The third-order valence-electron chi connectivity index (χ3n) is 4.17. The zero-order chi connectivity index (χ0) is 13.5. The van der Waals surface area contributed by atoms with Crippen LogP contribution in [0.2, 0.25) is 0 Å². The summed E-state index contributed by atoms with van der Waals surface area (Å²) in [7, 11) is 2.17. The first-order chi connectivity index (χ1) is 9.84. The molecule has 0 amide bonds. The molecular formula is C18H16N2. The van der Waals surface area contributed by atoms with Gasteiger partial charge in [0.15, 0.2) is 0 Å². The first kappa shape index (κ1) is 11.5. The Bertz CT molecular complexity index is 787. The van der Waals surface area contributed by atoms with Gasteiger partial charge in [-0.2, -0.15) is 0 Å². The fourth-order valence-electron chi connectivity index (χ4n) is 3.19. The third-order valence-corrected chi connectivity index (χ3v) is 4.17. The lowest BCUT2D eigenvalue weighted by Crippen LogP contribution is -2.13. The number of likely N-dealkylation sites (N-methyl/N-ethyl adjacent to an activating group) is 1. The Balaban J connectivity index is 2.04. The van der Waals surface area contributed by atoms with Crippen LogP contribution in [-0.2, 0) is 6.42 Å². The Morgan fingerprint density at radius 1 is 0.950 bits per heavy atom. The van der Waals surface area contributed by atoms with Crippen molar-refractivity contribution in [1.29, 1.82) is 0 Å². The molecule has 2 nitrogen and oxygen atoms in total. The van der Waals surface area contributed by atoms with Crippen molar-refractivity contribution in [2.75, 3.05) is 18.5 Å². The van der Waals surface area contributed by atoms with Gasteiger partial charge in [0.25, 0.3) is 0 Å². The van der Waals surface area contributed by atoms with E-state index in [4.69, 9.17) is 0 Å². The first-order valence-electron chi connectivity index (χ1n) is 7.01. The molecule has 0 N–H and O–H groups in total. The van der Waals surface area contributed by atoms with Crippen LogP contribution in [0.1, 0.15) is 5.56 Å². The predicted molar refractivity (Wildman–Crippen MR) is 84.2 cm³/mol. The molecule has 0 fully saturated rings. The summed E-state index contributed by atoms with van der Waals surface area (Å²) in [4.78, 5) is 6.79. The van der Waals surface area contributed by atoms with Gasteiger partial charge in [0, 0.05) is 31.5 Å². The van der Waals surface area contributed by atoms with Crippen LogP contribution in [-0.4, -0.2) is 18.6 Å². The predicted octanol–water partition coefficient (Wildman–Crippen LogP) is 3.89. The van der Waals surface area contributed by atoms with Crippen LogP contribution >= 0.6 is 0 Å². The number of anilines is 1. The van der Waals surface area contributed by atoms with E-state index in [1.807, 2.05) is 12.4 Å². The maximum absolute atomic E-state index is 4.45. The third kappa shape index (κ3) is 1.61. The minimum Gasteiger partial charge on any atom is -0.373 e. The van der Waals surface area contributed by atoms with Crippen LogP contribution in [0.15, 0.2) is 54.9 Å². The molecule has 0 saturated carbocycles. The molecule has 1 aromatic heterocycles. The maximum Gasteiger partial charge on any atom is 0.0507 e. The molecule has 1 aliphatic rings. The normalized spacial score (nSPS) is 13.8. The standard InChI is InChI=1S/C18H16N2/c1-20-10-9-14-11-19-12-17(18(14)20)16-8-4-6-13-5-2-3-7-15(13)16/h2-8,11-12H,9-10H2,1H3. The number of hydrogen-bond acceptors (Lipinski definition) is 2. The summed E-state index contributed by atoms with van der Waals surface area (Å²) in [6, 6.07) is 15.0. The van der Waals surface area contributed by atoms with Gasteiger partial charge >= 0.3 is 0 Å². The molecule has 1 aliphatic heterocycles. The van der Waals surface area contributed by atoms with Crippen molar-refractivity contribution < 1.29 is 0 Å². The fourth-order valence-corrected chi connectivity index (χ4v) is 3.19. The Labute approximate surface area is 118 Å². The molecule has 0 unspecified atom stereocenters. The van der Waals surface area contributed by atoms with Crippen LogP contribution in [0, 0.1) is 0 Å². The van der Waals surface area contributed by atoms with E-state index in [0.717, 1.165) is 13.0 Å². The molecule has 0 spiro atoms. The molecule has 2 aromatic carbocycles. The highest BCUT2D eigenvalue weighted by Gasteiger charge is 2.21. The van der Waals surface area contributed by atoms with Gasteiger partial charge in [-0.1, -0.05) is 42.5 Å². The first-order valence-corrected chi connectivity index (χ1v) is 7.01. The molecule has 98 valence electrons. The number of hydrogen-bond donors (Lipinski definition) is 0. The minimum absolute atomic E-state index is 1.08. The van der Waals surface area contributed by atoms with Crippen molar-refractivity contribution in [2.45, 2.75) is 6.42 Å². The average Bonchev–Trinajstić information content (AvgIpc) is 2.88. The Kier molecular flexibility index (Phi) is 2.49. The number of rotatable bonds is 1. The van der Waals surface area contributed by atoms with E-state index in [0.29, 0.717) is 0 Å². The van der Waals surface area contributed by atoms with Crippen molar-refractivity contribution >= 4 is 16.5 Å². The Morgan fingerprint density at radius 2 is 1.80 bits per heavy atom. The van der Waals surface area contributed by atoms with Crippen molar-refractivity contribution in [3.05, 3.63) is 60.4 Å². The molecule has 20 heavy (non-hydrogen) atoms. The van der Waals surface area contributed by atoms with Crippen LogP contribution < -0.4 is 4.90 Å². The number of pyridine rings is 1. The summed E-state index contributed by atoms with van der Waals surface area (Å²) >= 11 is 0. The highest BCUT2D eigenvalue weighted by Crippen LogP contribution is 2.39. The zero-order valence-electron chi connectivity index (χ0n) is 11.5. The number of aromatic nitrogens is 1. The molecule has 3 aromatic rings. The van der Waals surface area contributed by atoms with Crippen molar-refractivity contribution in [1.82, 2.24) is 4.98 Å². The Hall–Kier alpha value is -2.35. The highest BCUT2D eigenvalue weighted by molar-refractivity contribution is 6.00. The topological polar surface area (TPSA) is 16.1 Å². The molecule has 0 atom stereocenters. The van der Waals surface area contributed by atoms with E-state index in [1.165, 1.54) is 33.2 Å². The van der Waals surface area contributed by atoms with E-state index in [9.17, 15) is 0 Å². The van der Waals surface area contributed by atoms with Crippen molar-refractivity contribution in [3.63, 3.8) is 0 Å². The van der Waals surface area contributed by atoms with Crippen molar-refractivity contribution in [2.24, 2.45) is 0 Å². The van der Waals surface area contributed by atoms with Gasteiger partial charge in [-0.3, -0.25) is 4.98 Å². The lowest BCUT2D eigenvalue weighted by atomic mass is 9.97. The molecular weight excluding hydrogens is 244 g/mol. The van der Waals surface area contributed by atoms with Crippen LogP contribution in [0.4, 0.5) is 5.69 Å². The molecule has 2 heteroatoms. The monoisotopic (exact) mass is 260 g/mol. The lowest BCUT2D eigenvalue weighted by Gasteiger charge is -2.17. The highest BCUT2D eigenvalue weighted by atomic mass is 15.1. The van der Waals surface area contributed by atoms with Gasteiger partial charge in [-0.25, -0.2) is 0 Å². The SMILES string of the molecule is CN1CCc2cncc(-c3cccc4ccccc34)c21. The van der Waals surface area contributed by atoms with E-state index in [-0.39, 0.29) is 0 Å². The Morgan fingerprint density at radius 3 is 2.75 bits per heavy atom. The number of benzene rings is 2. The van der Waals surface area contributed by atoms with Gasteiger partial charge in [0.05, 0.1) is 5.69 Å². The smallest absolute Gasteiger partial charge is 0.0507 e. The fraction of sp³-hybridized carbons (Fsp3) is 0.167. The van der Waals surface area contributed by atoms with Crippen LogP contribution in [0.25, 0.3) is 21.9 Å². The number of fused-ring (bicyclic) bond motifs is 2. The summed E-state index contributed by atoms with van der Waals surface area (Å²) in [5.41, 5.74) is 5.23. The summed E-state index contributed by atoms with van der Waals surface area (Å²) in [6.45, 7) is 1.08. The second-order valence-corrected chi connectivity index (χ2v) is 5.39. The molecule has 0 radical (unpaired) electrons. The van der Waals surface area contributed by atoms with Gasteiger partial charge < -0.3 is 4.90 Å².